The number of hydrogen-bond acceptors (Lipinski definition) is 5. The van der Waals surface area contributed by atoms with Crippen LogP contribution >= 0.6 is 0 Å². The van der Waals surface area contributed by atoms with Gasteiger partial charge in [0.15, 0.2) is 0 Å². The highest BCUT2D eigenvalue weighted by molar-refractivity contribution is 7.89. The lowest BCUT2D eigenvalue weighted by molar-refractivity contribution is -0.120. The second-order valence-electron chi connectivity index (χ2n) is 8.43. The molecule has 0 bridgehead atoms. The van der Waals surface area contributed by atoms with E-state index in [2.05, 4.69) is 5.32 Å². The molecule has 0 aromatic heterocycles. The molecule has 8 nitrogen and oxygen atoms in total. The molecule has 1 amide bonds. The van der Waals surface area contributed by atoms with Crippen LogP contribution in [-0.2, 0) is 24.8 Å². The first-order valence-electron chi connectivity index (χ1n) is 11.1. The van der Waals surface area contributed by atoms with Crippen molar-refractivity contribution in [1.82, 2.24) is 8.61 Å². The van der Waals surface area contributed by atoms with Gasteiger partial charge in [0, 0.05) is 25.3 Å². The number of aryl methyl sites for hydroxylation is 2. The maximum atomic E-state index is 13.5. The Bertz CT molecular complexity index is 1430. The van der Waals surface area contributed by atoms with Crippen molar-refractivity contribution >= 4 is 31.6 Å². The molecule has 0 spiro atoms. The lowest BCUT2D eigenvalue weighted by atomic mass is 10.1. The zero-order valence-corrected chi connectivity index (χ0v) is 21.1. The molecule has 0 radical (unpaired) electrons. The van der Waals surface area contributed by atoms with Crippen LogP contribution in [0.1, 0.15) is 11.1 Å². The molecule has 0 saturated carbocycles. The Morgan fingerprint density at radius 3 is 1.97 bits per heavy atom. The van der Waals surface area contributed by atoms with E-state index >= 15 is 0 Å². The van der Waals surface area contributed by atoms with Crippen molar-refractivity contribution in [3.05, 3.63) is 90.0 Å². The van der Waals surface area contributed by atoms with Crippen molar-refractivity contribution in [2.75, 3.05) is 25.0 Å². The molecule has 0 unspecified atom stereocenters. The topological polar surface area (TPSA) is 104 Å². The van der Waals surface area contributed by atoms with Gasteiger partial charge in [0.05, 0.1) is 9.79 Å². The average molecular weight is 514 g/mol. The maximum Gasteiger partial charge on any atom is 0.244 e. The zero-order chi connectivity index (χ0) is 25.2. The van der Waals surface area contributed by atoms with E-state index in [-0.39, 0.29) is 29.4 Å². The minimum absolute atomic E-state index is 0.0453. The minimum atomic E-state index is -4.05. The molecule has 1 heterocycles. The second kappa shape index (κ2) is 9.90. The largest absolute Gasteiger partial charge is 0.324 e. The first kappa shape index (κ1) is 25.1. The smallest absolute Gasteiger partial charge is 0.244 e. The van der Waals surface area contributed by atoms with Crippen molar-refractivity contribution in [3.8, 4) is 0 Å². The molecule has 1 fully saturated rings. The monoisotopic (exact) mass is 513 g/mol. The van der Waals surface area contributed by atoms with Gasteiger partial charge < -0.3 is 5.32 Å². The lowest BCUT2D eigenvalue weighted by Crippen LogP contribution is -2.60. The van der Waals surface area contributed by atoms with Crippen LogP contribution < -0.4 is 5.32 Å². The van der Waals surface area contributed by atoms with Crippen LogP contribution in [-0.4, -0.2) is 57.0 Å². The minimum Gasteiger partial charge on any atom is -0.324 e. The molecule has 184 valence electrons. The Hall–Kier alpha value is -3.05. The van der Waals surface area contributed by atoms with Crippen molar-refractivity contribution in [3.63, 3.8) is 0 Å². The molecule has 1 N–H and O–H groups in total. The highest BCUT2D eigenvalue weighted by Crippen LogP contribution is 2.26. The standard InChI is InChI=1S/C25H27N3O5S2/c1-19-13-14-20(2)23(17-19)26-25(29)24-18-27(34(30,31)21-9-5-3-6-10-21)15-16-28(24)35(32,33)22-11-7-4-8-12-22/h3-14,17,24H,15-16,18H2,1-2H3,(H,26,29)/t24-/m0/s1. The number of piperazine rings is 1. The molecule has 10 heteroatoms. The third-order valence-corrected chi connectivity index (χ3v) is 9.78. The normalized spacial score (nSPS) is 17.7. The Morgan fingerprint density at radius 2 is 1.37 bits per heavy atom. The van der Waals surface area contributed by atoms with Gasteiger partial charge in [-0.3, -0.25) is 4.79 Å². The van der Waals surface area contributed by atoms with E-state index in [1.165, 1.54) is 28.6 Å². The quantitative estimate of drug-likeness (QED) is 0.546. The summed E-state index contributed by atoms with van der Waals surface area (Å²) in [4.78, 5) is 13.6. The van der Waals surface area contributed by atoms with Crippen LogP contribution in [0.25, 0.3) is 0 Å². The van der Waals surface area contributed by atoms with Gasteiger partial charge in [-0.15, -0.1) is 0 Å². The summed E-state index contributed by atoms with van der Waals surface area (Å²) >= 11 is 0. The summed E-state index contributed by atoms with van der Waals surface area (Å²) < 4.78 is 55.8. The molecule has 1 aliphatic rings. The molecule has 3 aromatic carbocycles. The number of nitrogens with one attached hydrogen (secondary N) is 1. The number of anilines is 1. The first-order chi connectivity index (χ1) is 16.6. The predicted molar refractivity (Wildman–Crippen MR) is 134 cm³/mol. The van der Waals surface area contributed by atoms with Gasteiger partial charge in [-0.25, -0.2) is 16.8 Å². The molecule has 1 aliphatic heterocycles. The number of benzene rings is 3. The van der Waals surface area contributed by atoms with Crippen LogP contribution in [0.5, 0.6) is 0 Å². The zero-order valence-electron chi connectivity index (χ0n) is 19.5. The Labute approximate surface area is 206 Å². The van der Waals surface area contributed by atoms with E-state index in [0.717, 1.165) is 15.4 Å². The Balaban J connectivity index is 1.71. The summed E-state index contributed by atoms with van der Waals surface area (Å²) in [6.07, 6.45) is 0. The number of carbonyl (C=O) groups is 1. The molecular formula is C25H27N3O5S2. The van der Waals surface area contributed by atoms with Crippen molar-refractivity contribution < 1.29 is 21.6 Å². The lowest BCUT2D eigenvalue weighted by Gasteiger charge is -2.39. The van der Waals surface area contributed by atoms with Gasteiger partial charge in [0.2, 0.25) is 26.0 Å². The molecule has 0 aliphatic carbocycles. The van der Waals surface area contributed by atoms with E-state index in [1.54, 1.807) is 42.5 Å². The van der Waals surface area contributed by atoms with Gasteiger partial charge in [-0.2, -0.15) is 8.61 Å². The van der Waals surface area contributed by atoms with Gasteiger partial charge in [0.25, 0.3) is 0 Å². The third-order valence-electron chi connectivity index (χ3n) is 5.98. The van der Waals surface area contributed by atoms with Gasteiger partial charge in [0.1, 0.15) is 6.04 Å². The second-order valence-corrected chi connectivity index (χ2v) is 12.3. The summed E-state index contributed by atoms with van der Waals surface area (Å²) in [6.45, 7) is 3.18. The predicted octanol–water partition coefficient (Wildman–Crippen LogP) is 3.01. The number of rotatable bonds is 6. The van der Waals surface area contributed by atoms with Crippen molar-refractivity contribution in [1.29, 1.82) is 0 Å². The van der Waals surface area contributed by atoms with Gasteiger partial charge in [-0.05, 0) is 55.3 Å². The van der Waals surface area contributed by atoms with Gasteiger partial charge >= 0.3 is 0 Å². The van der Waals surface area contributed by atoms with E-state index in [0.29, 0.717) is 5.69 Å². The van der Waals surface area contributed by atoms with E-state index in [4.69, 9.17) is 0 Å². The first-order valence-corrected chi connectivity index (χ1v) is 14.0. The summed E-state index contributed by atoms with van der Waals surface area (Å²) in [6, 6.07) is 20.0. The molecule has 1 atom stereocenters. The fourth-order valence-electron chi connectivity index (χ4n) is 4.02. The summed E-state index contributed by atoms with van der Waals surface area (Å²) in [5, 5.41) is 2.82. The molecule has 3 aromatic rings. The van der Waals surface area contributed by atoms with Crippen LogP contribution in [0.3, 0.4) is 0 Å². The summed E-state index contributed by atoms with van der Waals surface area (Å²) in [5.74, 6) is -0.592. The summed E-state index contributed by atoms with van der Waals surface area (Å²) in [7, 11) is -7.97. The van der Waals surface area contributed by atoms with E-state index in [9.17, 15) is 21.6 Å². The van der Waals surface area contributed by atoms with Gasteiger partial charge in [-0.1, -0.05) is 48.5 Å². The fourth-order valence-corrected chi connectivity index (χ4v) is 7.07. The molecule has 35 heavy (non-hydrogen) atoms. The molecule has 1 saturated heterocycles. The van der Waals surface area contributed by atoms with Crippen LogP contribution in [0, 0.1) is 13.8 Å². The van der Waals surface area contributed by atoms with Crippen LogP contribution in [0.15, 0.2) is 88.7 Å². The summed E-state index contributed by atoms with van der Waals surface area (Å²) in [5.41, 5.74) is 2.29. The van der Waals surface area contributed by atoms with E-state index < -0.39 is 32.0 Å². The Kier molecular flexibility index (Phi) is 7.09. The number of nitrogens with zero attached hydrogens (tertiary/aromatic N) is 2. The Morgan fingerprint density at radius 1 is 0.800 bits per heavy atom. The number of carbonyl (C=O) groups excluding carboxylic acids is 1. The fraction of sp³-hybridized carbons (Fsp3) is 0.240. The van der Waals surface area contributed by atoms with Crippen molar-refractivity contribution in [2.45, 2.75) is 29.7 Å². The maximum absolute atomic E-state index is 13.5. The highest BCUT2D eigenvalue weighted by Gasteiger charge is 2.43. The molecule has 4 rings (SSSR count). The number of amides is 1. The SMILES string of the molecule is Cc1ccc(C)c(NC(=O)[C@@H]2CN(S(=O)(=O)c3ccccc3)CCN2S(=O)(=O)c2ccccc2)c1. The van der Waals surface area contributed by atoms with Crippen molar-refractivity contribution in [2.24, 2.45) is 0 Å². The van der Waals surface area contributed by atoms with Crippen LogP contribution in [0.4, 0.5) is 5.69 Å². The van der Waals surface area contributed by atoms with Crippen LogP contribution in [0.2, 0.25) is 0 Å². The number of sulfonamides is 2. The average Bonchev–Trinajstić information content (AvgIpc) is 2.87. The molecular weight excluding hydrogens is 486 g/mol. The highest BCUT2D eigenvalue weighted by atomic mass is 32.2. The van der Waals surface area contributed by atoms with E-state index in [1.807, 2.05) is 26.0 Å². The third kappa shape index (κ3) is 5.15. The number of hydrogen-bond donors (Lipinski definition) is 1.